The third-order valence-corrected chi connectivity index (χ3v) is 4.82. The molecule has 0 bridgehead atoms. The van der Waals surface area contributed by atoms with Gasteiger partial charge >= 0.3 is 0 Å². The lowest BCUT2D eigenvalue weighted by atomic mass is 10.0. The second kappa shape index (κ2) is 6.43. The van der Waals surface area contributed by atoms with Gasteiger partial charge in [-0.3, -0.25) is 0 Å². The van der Waals surface area contributed by atoms with Crippen molar-refractivity contribution in [2.24, 2.45) is 5.92 Å². The number of nitrogen functional groups attached to an aromatic ring is 1. The van der Waals surface area contributed by atoms with E-state index in [1.807, 2.05) is 0 Å². The number of anilines is 1. The zero-order valence-corrected chi connectivity index (χ0v) is 12.3. The van der Waals surface area contributed by atoms with Gasteiger partial charge in [-0.25, -0.2) is 13.1 Å². The van der Waals surface area contributed by atoms with Crippen LogP contribution < -0.4 is 15.2 Å². The second-order valence-electron chi connectivity index (χ2n) is 4.84. The van der Waals surface area contributed by atoms with Crippen molar-refractivity contribution in [2.45, 2.75) is 17.7 Å². The van der Waals surface area contributed by atoms with Crippen molar-refractivity contribution in [3.8, 4) is 5.75 Å². The van der Waals surface area contributed by atoms with Crippen LogP contribution in [0.3, 0.4) is 0 Å². The Morgan fingerprint density at radius 3 is 2.90 bits per heavy atom. The maximum Gasteiger partial charge on any atom is 0.242 e. The van der Waals surface area contributed by atoms with Gasteiger partial charge in [-0.1, -0.05) is 0 Å². The first kappa shape index (κ1) is 15.1. The molecule has 7 heteroatoms. The third kappa shape index (κ3) is 3.62. The van der Waals surface area contributed by atoms with Crippen LogP contribution >= 0.6 is 0 Å². The van der Waals surface area contributed by atoms with Gasteiger partial charge in [0.1, 0.15) is 10.6 Å². The molecule has 0 radical (unpaired) electrons. The summed E-state index contributed by atoms with van der Waals surface area (Å²) in [5, 5.41) is 0. The molecule has 1 aromatic rings. The molecule has 20 heavy (non-hydrogen) atoms. The van der Waals surface area contributed by atoms with Gasteiger partial charge in [-0.2, -0.15) is 0 Å². The quantitative estimate of drug-likeness (QED) is 0.791. The van der Waals surface area contributed by atoms with Gasteiger partial charge in [-0.05, 0) is 30.9 Å². The number of nitrogens with one attached hydrogen (secondary N) is 1. The van der Waals surface area contributed by atoms with Crippen molar-refractivity contribution >= 4 is 15.7 Å². The highest BCUT2D eigenvalue weighted by molar-refractivity contribution is 7.89. The van der Waals surface area contributed by atoms with Gasteiger partial charge in [0, 0.05) is 19.2 Å². The minimum absolute atomic E-state index is 0.0787. The van der Waals surface area contributed by atoms with E-state index in [9.17, 15) is 8.42 Å². The van der Waals surface area contributed by atoms with Crippen LogP contribution in [0.4, 0.5) is 5.69 Å². The molecular weight excluding hydrogens is 280 g/mol. The molecule has 0 aromatic heterocycles. The van der Waals surface area contributed by atoms with Crippen LogP contribution in [0.25, 0.3) is 0 Å². The molecular formula is C13H20N2O4S. The second-order valence-corrected chi connectivity index (χ2v) is 6.57. The van der Waals surface area contributed by atoms with Gasteiger partial charge in [0.15, 0.2) is 0 Å². The summed E-state index contributed by atoms with van der Waals surface area (Å²) in [5.74, 6) is 0.750. The Bertz CT molecular complexity index is 553. The topological polar surface area (TPSA) is 90.7 Å². The molecule has 1 heterocycles. The van der Waals surface area contributed by atoms with E-state index in [0.29, 0.717) is 18.9 Å². The fourth-order valence-corrected chi connectivity index (χ4v) is 3.40. The molecule has 3 N–H and O–H groups in total. The molecule has 112 valence electrons. The van der Waals surface area contributed by atoms with Crippen molar-refractivity contribution in [3.05, 3.63) is 18.2 Å². The molecule has 0 saturated carbocycles. The summed E-state index contributed by atoms with van der Waals surface area (Å²) in [6.07, 6.45) is 1.94. The Morgan fingerprint density at radius 2 is 2.30 bits per heavy atom. The van der Waals surface area contributed by atoms with Crippen LogP contribution in [0.5, 0.6) is 5.75 Å². The van der Waals surface area contributed by atoms with Gasteiger partial charge in [0.05, 0.1) is 19.4 Å². The highest BCUT2D eigenvalue weighted by atomic mass is 32.2. The molecule has 1 aliphatic heterocycles. The predicted octanol–water partition coefficient (Wildman–Crippen LogP) is 0.982. The number of nitrogens with two attached hydrogens (primary N) is 1. The van der Waals surface area contributed by atoms with Crippen molar-refractivity contribution in [3.63, 3.8) is 0 Å². The van der Waals surface area contributed by atoms with E-state index in [1.54, 1.807) is 6.07 Å². The maximum absolute atomic E-state index is 12.2. The minimum Gasteiger partial charge on any atom is -0.497 e. The molecule has 1 unspecified atom stereocenters. The number of hydrogen-bond donors (Lipinski definition) is 2. The largest absolute Gasteiger partial charge is 0.497 e. The first-order valence-electron chi connectivity index (χ1n) is 6.54. The molecule has 1 atom stereocenters. The van der Waals surface area contributed by atoms with Crippen LogP contribution in [0.15, 0.2) is 23.1 Å². The zero-order chi connectivity index (χ0) is 14.6. The van der Waals surface area contributed by atoms with Crippen LogP contribution in [-0.4, -0.2) is 35.3 Å². The Hall–Kier alpha value is -1.31. The Kier molecular flexibility index (Phi) is 4.85. The summed E-state index contributed by atoms with van der Waals surface area (Å²) in [5.41, 5.74) is 5.95. The number of hydrogen-bond acceptors (Lipinski definition) is 5. The SMILES string of the molecule is COc1ccc(S(=O)(=O)NCC2CCCOC2)c(N)c1. The summed E-state index contributed by atoms with van der Waals surface area (Å²) in [6.45, 7) is 1.73. The Morgan fingerprint density at radius 1 is 1.50 bits per heavy atom. The fraction of sp³-hybridized carbons (Fsp3) is 0.538. The van der Waals surface area contributed by atoms with Gasteiger partial charge in [-0.15, -0.1) is 0 Å². The Labute approximate surface area is 119 Å². The van der Waals surface area contributed by atoms with Crippen LogP contribution in [0.1, 0.15) is 12.8 Å². The lowest BCUT2D eigenvalue weighted by Gasteiger charge is -2.22. The summed E-state index contributed by atoms with van der Waals surface area (Å²) in [4.78, 5) is 0.0787. The highest BCUT2D eigenvalue weighted by Crippen LogP contribution is 2.24. The molecule has 2 rings (SSSR count). The smallest absolute Gasteiger partial charge is 0.242 e. The van der Waals surface area contributed by atoms with Crippen molar-refractivity contribution in [2.75, 3.05) is 32.6 Å². The summed E-state index contributed by atoms with van der Waals surface area (Å²) in [7, 11) is -2.10. The van der Waals surface area contributed by atoms with Gasteiger partial charge in [0.25, 0.3) is 0 Å². The first-order valence-corrected chi connectivity index (χ1v) is 8.02. The predicted molar refractivity (Wildman–Crippen MR) is 76.1 cm³/mol. The summed E-state index contributed by atoms with van der Waals surface area (Å²) in [6, 6.07) is 4.53. The Balaban J connectivity index is 2.05. The zero-order valence-electron chi connectivity index (χ0n) is 11.5. The maximum atomic E-state index is 12.2. The number of methoxy groups -OCH3 is 1. The summed E-state index contributed by atoms with van der Waals surface area (Å²) < 4.78 is 37.4. The van der Waals surface area contributed by atoms with E-state index < -0.39 is 10.0 Å². The van der Waals surface area contributed by atoms with Crippen molar-refractivity contribution < 1.29 is 17.9 Å². The average molecular weight is 300 g/mol. The van der Waals surface area contributed by atoms with Gasteiger partial charge < -0.3 is 15.2 Å². The lowest BCUT2D eigenvalue weighted by molar-refractivity contribution is 0.0568. The van der Waals surface area contributed by atoms with Crippen molar-refractivity contribution in [1.29, 1.82) is 0 Å². The monoisotopic (exact) mass is 300 g/mol. The van der Waals surface area contributed by atoms with E-state index >= 15 is 0 Å². The van der Waals surface area contributed by atoms with E-state index in [1.165, 1.54) is 19.2 Å². The first-order chi connectivity index (χ1) is 9.53. The third-order valence-electron chi connectivity index (χ3n) is 3.32. The van der Waals surface area contributed by atoms with E-state index in [0.717, 1.165) is 19.4 Å². The molecule has 0 aliphatic carbocycles. The highest BCUT2D eigenvalue weighted by Gasteiger charge is 2.21. The number of sulfonamides is 1. The van der Waals surface area contributed by atoms with E-state index in [2.05, 4.69) is 4.72 Å². The van der Waals surface area contributed by atoms with E-state index in [4.69, 9.17) is 15.2 Å². The van der Waals surface area contributed by atoms with Crippen molar-refractivity contribution in [1.82, 2.24) is 4.72 Å². The lowest BCUT2D eigenvalue weighted by Crippen LogP contribution is -2.33. The van der Waals surface area contributed by atoms with Crippen LogP contribution in [0, 0.1) is 5.92 Å². The number of benzene rings is 1. The van der Waals surface area contributed by atoms with Crippen LogP contribution in [-0.2, 0) is 14.8 Å². The fourth-order valence-electron chi connectivity index (χ4n) is 2.17. The molecule has 6 nitrogen and oxygen atoms in total. The minimum atomic E-state index is -3.60. The van der Waals surface area contributed by atoms with E-state index in [-0.39, 0.29) is 16.5 Å². The average Bonchev–Trinajstić information content (AvgIpc) is 2.46. The number of rotatable bonds is 5. The molecule has 1 aliphatic rings. The molecule has 0 spiro atoms. The van der Waals surface area contributed by atoms with Crippen LogP contribution in [0.2, 0.25) is 0 Å². The molecule has 1 fully saturated rings. The number of ether oxygens (including phenoxy) is 2. The molecule has 0 amide bonds. The summed E-state index contributed by atoms with van der Waals surface area (Å²) >= 11 is 0. The normalized spacial score (nSPS) is 19.8. The molecule has 1 aromatic carbocycles. The molecule has 1 saturated heterocycles. The van der Waals surface area contributed by atoms with Gasteiger partial charge in [0.2, 0.25) is 10.0 Å². The standard InChI is InChI=1S/C13H20N2O4S/c1-18-11-4-5-13(12(14)7-11)20(16,17)15-8-10-3-2-6-19-9-10/h4-5,7,10,15H,2-3,6,8-9,14H2,1H3.